The molecule has 106 valence electrons. The van der Waals surface area contributed by atoms with E-state index in [0.717, 1.165) is 0 Å². The number of carbonyl (C=O) groups excluding carboxylic acids is 2. The van der Waals surface area contributed by atoms with Crippen LogP contribution in [0.5, 0.6) is 0 Å². The minimum Gasteiger partial charge on any atom is -0.467 e. The zero-order valence-electron chi connectivity index (χ0n) is 10.2. The van der Waals surface area contributed by atoms with Gasteiger partial charge in [0.1, 0.15) is 12.0 Å². The number of alkyl halides is 2. The van der Waals surface area contributed by atoms with Gasteiger partial charge in [0, 0.05) is 19.5 Å². The van der Waals surface area contributed by atoms with Crippen LogP contribution in [-0.4, -0.2) is 44.0 Å². The Morgan fingerprint density at radius 2 is 2.11 bits per heavy atom. The number of ether oxygens (including phenoxy) is 1. The Bertz CT molecular complexity index is 315. The minimum absolute atomic E-state index is 0. The van der Waals surface area contributed by atoms with E-state index >= 15 is 0 Å². The Morgan fingerprint density at radius 1 is 1.50 bits per heavy atom. The maximum absolute atomic E-state index is 13.4. The van der Waals surface area contributed by atoms with Crippen LogP contribution in [0, 0.1) is 5.92 Å². The van der Waals surface area contributed by atoms with Crippen LogP contribution < -0.4 is 10.6 Å². The summed E-state index contributed by atoms with van der Waals surface area (Å²) in [6, 6.07) is -0.926. The van der Waals surface area contributed by atoms with Crippen molar-refractivity contribution in [3.63, 3.8) is 0 Å². The molecule has 0 aromatic carbocycles. The van der Waals surface area contributed by atoms with Gasteiger partial charge in [-0.15, -0.1) is 12.4 Å². The van der Waals surface area contributed by atoms with Crippen molar-refractivity contribution in [2.45, 2.75) is 25.3 Å². The molecule has 1 heterocycles. The first-order valence-electron chi connectivity index (χ1n) is 5.35. The Kier molecular flexibility index (Phi) is 6.48. The van der Waals surface area contributed by atoms with Crippen LogP contribution in [0.3, 0.4) is 0 Å². The number of halogens is 3. The Balaban J connectivity index is 0.00000289. The smallest absolute Gasteiger partial charge is 0.328 e. The van der Waals surface area contributed by atoms with E-state index in [2.05, 4.69) is 15.4 Å². The molecular formula is C10H17ClF2N2O3. The van der Waals surface area contributed by atoms with Gasteiger partial charge in [0.05, 0.1) is 7.11 Å². The summed E-state index contributed by atoms with van der Waals surface area (Å²) in [5, 5.41) is 4.95. The topological polar surface area (TPSA) is 67.4 Å². The molecule has 8 heteroatoms. The average molecular weight is 287 g/mol. The highest BCUT2D eigenvalue weighted by Gasteiger charge is 2.46. The van der Waals surface area contributed by atoms with Crippen molar-refractivity contribution in [1.82, 2.24) is 10.6 Å². The number of hydrogen-bond acceptors (Lipinski definition) is 4. The summed E-state index contributed by atoms with van der Waals surface area (Å²) in [5.41, 5.74) is 0. The van der Waals surface area contributed by atoms with Gasteiger partial charge in [-0.2, -0.15) is 0 Å². The summed E-state index contributed by atoms with van der Waals surface area (Å²) in [7, 11) is 1.17. The van der Waals surface area contributed by atoms with Gasteiger partial charge in [-0.25, -0.2) is 13.6 Å². The number of hydrogen-bond donors (Lipinski definition) is 2. The number of esters is 1. The minimum atomic E-state index is -3.04. The van der Waals surface area contributed by atoms with Crippen LogP contribution in [0.25, 0.3) is 0 Å². The molecule has 0 radical (unpaired) electrons. The highest BCUT2D eigenvalue weighted by atomic mass is 35.5. The highest BCUT2D eigenvalue weighted by Crippen LogP contribution is 2.30. The third kappa shape index (κ3) is 4.06. The third-order valence-corrected chi connectivity index (χ3v) is 2.72. The van der Waals surface area contributed by atoms with Gasteiger partial charge >= 0.3 is 5.97 Å². The number of carbonyl (C=O) groups is 2. The number of methoxy groups -OCH3 is 1. The standard InChI is InChI=1S/C10H16F2N2O3.ClH/c1-6(9(16)17-2)14-8(15)7-5-13-4-3-10(7,11)12;/h6-7,13H,3-5H2,1-2H3,(H,14,15);1H. The zero-order valence-corrected chi connectivity index (χ0v) is 11.0. The van der Waals surface area contributed by atoms with Crippen LogP contribution in [-0.2, 0) is 14.3 Å². The van der Waals surface area contributed by atoms with Crippen molar-refractivity contribution < 1.29 is 23.1 Å². The summed E-state index contributed by atoms with van der Waals surface area (Å²) >= 11 is 0. The van der Waals surface area contributed by atoms with Gasteiger partial charge in [-0.1, -0.05) is 0 Å². The molecule has 1 amide bonds. The van der Waals surface area contributed by atoms with Gasteiger partial charge in [0.2, 0.25) is 5.91 Å². The molecule has 1 saturated heterocycles. The van der Waals surface area contributed by atoms with E-state index in [9.17, 15) is 18.4 Å². The van der Waals surface area contributed by atoms with E-state index < -0.39 is 29.8 Å². The summed E-state index contributed by atoms with van der Waals surface area (Å²) in [4.78, 5) is 22.7. The second-order valence-electron chi connectivity index (χ2n) is 4.02. The predicted octanol–water partition coefficient (Wildman–Crippen LogP) is 0.331. The molecule has 1 fully saturated rings. The fourth-order valence-electron chi connectivity index (χ4n) is 1.66. The average Bonchev–Trinajstić information content (AvgIpc) is 2.26. The summed E-state index contributed by atoms with van der Waals surface area (Å²) in [6.07, 6.45) is -0.377. The van der Waals surface area contributed by atoms with Crippen molar-refractivity contribution >= 4 is 24.3 Å². The molecule has 5 nitrogen and oxygen atoms in total. The molecule has 2 unspecified atom stereocenters. The molecular weight excluding hydrogens is 270 g/mol. The predicted molar refractivity (Wildman–Crippen MR) is 62.8 cm³/mol. The summed E-state index contributed by atoms with van der Waals surface area (Å²) < 4.78 is 31.3. The first-order valence-corrected chi connectivity index (χ1v) is 5.35. The Labute approximate surface area is 110 Å². The first kappa shape index (κ1) is 17.1. The molecule has 2 atom stereocenters. The van der Waals surface area contributed by atoms with E-state index in [1.807, 2.05) is 0 Å². The van der Waals surface area contributed by atoms with Crippen LogP contribution in [0.1, 0.15) is 13.3 Å². The number of nitrogens with one attached hydrogen (secondary N) is 2. The molecule has 1 rings (SSSR count). The highest BCUT2D eigenvalue weighted by molar-refractivity contribution is 5.86. The third-order valence-electron chi connectivity index (χ3n) is 2.72. The SMILES string of the molecule is COC(=O)C(C)NC(=O)C1CNCCC1(F)F.Cl. The number of piperidine rings is 1. The molecule has 2 N–H and O–H groups in total. The zero-order chi connectivity index (χ0) is 13.1. The second kappa shape index (κ2) is 6.84. The lowest BCUT2D eigenvalue weighted by Crippen LogP contribution is -2.54. The molecule has 1 aliphatic rings. The fourth-order valence-corrected chi connectivity index (χ4v) is 1.66. The molecule has 0 spiro atoms. The maximum Gasteiger partial charge on any atom is 0.328 e. The van der Waals surface area contributed by atoms with Crippen molar-refractivity contribution in [2.24, 2.45) is 5.92 Å². The fraction of sp³-hybridized carbons (Fsp3) is 0.800. The molecule has 0 saturated carbocycles. The Morgan fingerprint density at radius 3 is 2.61 bits per heavy atom. The van der Waals surface area contributed by atoms with Crippen molar-refractivity contribution in [3.8, 4) is 0 Å². The number of rotatable bonds is 3. The summed E-state index contributed by atoms with van der Waals surface area (Å²) in [6.45, 7) is 1.48. The van der Waals surface area contributed by atoms with E-state index in [1.54, 1.807) is 0 Å². The molecule has 0 bridgehead atoms. The summed E-state index contributed by atoms with van der Waals surface area (Å²) in [5.74, 6) is -5.97. The van der Waals surface area contributed by atoms with Crippen molar-refractivity contribution in [1.29, 1.82) is 0 Å². The van der Waals surface area contributed by atoms with E-state index in [4.69, 9.17) is 0 Å². The monoisotopic (exact) mass is 286 g/mol. The molecule has 0 aromatic heterocycles. The maximum atomic E-state index is 13.4. The normalized spacial score (nSPS) is 23.4. The molecule has 0 aliphatic carbocycles. The largest absolute Gasteiger partial charge is 0.467 e. The first-order chi connectivity index (χ1) is 7.88. The van der Waals surface area contributed by atoms with Gasteiger partial charge < -0.3 is 15.4 Å². The van der Waals surface area contributed by atoms with E-state index in [-0.39, 0.29) is 31.9 Å². The van der Waals surface area contributed by atoms with Crippen molar-refractivity contribution in [3.05, 3.63) is 0 Å². The van der Waals surface area contributed by atoms with Gasteiger partial charge in [0.15, 0.2) is 0 Å². The lowest BCUT2D eigenvalue weighted by Gasteiger charge is -2.31. The molecule has 0 aromatic rings. The van der Waals surface area contributed by atoms with Gasteiger partial charge in [-0.05, 0) is 6.92 Å². The lowest BCUT2D eigenvalue weighted by atomic mass is 9.94. The van der Waals surface area contributed by atoms with Crippen molar-refractivity contribution in [2.75, 3.05) is 20.2 Å². The quantitative estimate of drug-likeness (QED) is 0.734. The van der Waals surface area contributed by atoms with E-state index in [1.165, 1.54) is 14.0 Å². The van der Waals surface area contributed by atoms with E-state index in [0.29, 0.717) is 0 Å². The Hall–Kier alpha value is -0.950. The second-order valence-corrected chi connectivity index (χ2v) is 4.02. The molecule has 1 aliphatic heterocycles. The molecule has 18 heavy (non-hydrogen) atoms. The van der Waals surface area contributed by atoms with Crippen LogP contribution in [0.15, 0.2) is 0 Å². The van der Waals surface area contributed by atoms with Gasteiger partial charge in [0.25, 0.3) is 5.92 Å². The van der Waals surface area contributed by atoms with Crippen LogP contribution >= 0.6 is 12.4 Å². The lowest BCUT2D eigenvalue weighted by molar-refractivity contribution is -0.150. The van der Waals surface area contributed by atoms with Crippen LogP contribution in [0.2, 0.25) is 0 Å². The van der Waals surface area contributed by atoms with Crippen LogP contribution in [0.4, 0.5) is 8.78 Å². The van der Waals surface area contributed by atoms with Gasteiger partial charge in [-0.3, -0.25) is 4.79 Å². The number of amides is 1.